The van der Waals surface area contributed by atoms with Gasteiger partial charge in [0.15, 0.2) is 0 Å². The minimum Gasteiger partial charge on any atom is -0.478 e. The molecule has 0 bridgehead atoms. The first-order valence-electron chi connectivity index (χ1n) is 7.96. The summed E-state index contributed by atoms with van der Waals surface area (Å²) in [6.07, 6.45) is 0. The van der Waals surface area contributed by atoms with Crippen LogP contribution in [0.15, 0.2) is 48.5 Å². The number of carbonyl (C=O) groups excluding carboxylic acids is 1. The van der Waals surface area contributed by atoms with Crippen molar-refractivity contribution in [1.82, 2.24) is 5.32 Å². The first kappa shape index (κ1) is 19.5. The average Bonchev–Trinajstić information content (AvgIpc) is 2.61. The third-order valence-corrected chi connectivity index (χ3v) is 5.05. The van der Waals surface area contributed by atoms with Gasteiger partial charge in [0.2, 0.25) is 10.0 Å². The first-order chi connectivity index (χ1) is 12.2. The molecular weight excluding hydrogens is 356 g/mol. The van der Waals surface area contributed by atoms with E-state index < -0.39 is 21.9 Å². The Bertz CT molecular complexity index is 910. The monoisotopic (exact) mass is 376 g/mol. The molecule has 0 fully saturated rings. The predicted molar refractivity (Wildman–Crippen MR) is 98.8 cm³/mol. The Balaban J connectivity index is 2.30. The molecule has 8 heteroatoms. The highest BCUT2D eigenvalue weighted by molar-refractivity contribution is 7.92. The highest BCUT2D eigenvalue weighted by Gasteiger charge is 2.17. The molecule has 0 aliphatic heterocycles. The van der Waals surface area contributed by atoms with Crippen LogP contribution >= 0.6 is 0 Å². The van der Waals surface area contributed by atoms with E-state index in [1.54, 1.807) is 6.92 Å². The molecule has 1 atom stereocenters. The molecule has 0 spiro atoms. The van der Waals surface area contributed by atoms with E-state index in [9.17, 15) is 23.1 Å². The zero-order chi connectivity index (χ0) is 19.3. The summed E-state index contributed by atoms with van der Waals surface area (Å²) in [7, 11) is -3.60. The maximum Gasteiger partial charge on any atom is 0.335 e. The van der Waals surface area contributed by atoms with Crippen LogP contribution in [0.1, 0.15) is 46.2 Å². The second-order valence-corrected chi connectivity index (χ2v) is 7.73. The highest BCUT2D eigenvalue weighted by Crippen LogP contribution is 2.19. The fourth-order valence-electron chi connectivity index (χ4n) is 2.30. The number of anilines is 1. The molecule has 138 valence electrons. The van der Waals surface area contributed by atoms with Gasteiger partial charge < -0.3 is 10.4 Å². The number of benzene rings is 2. The van der Waals surface area contributed by atoms with Crippen molar-refractivity contribution >= 4 is 27.6 Å². The maximum atomic E-state index is 12.5. The maximum absolute atomic E-state index is 12.5. The quantitative estimate of drug-likeness (QED) is 0.688. The van der Waals surface area contributed by atoms with Crippen molar-refractivity contribution in [2.75, 3.05) is 10.5 Å². The lowest BCUT2D eigenvalue weighted by atomic mass is 10.1. The van der Waals surface area contributed by atoms with Gasteiger partial charge in [-0.2, -0.15) is 0 Å². The Morgan fingerprint density at radius 1 is 1.08 bits per heavy atom. The normalized spacial score (nSPS) is 12.2. The van der Waals surface area contributed by atoms with Crippen LogP contribution in [-0.4, -0.2) is 31.2 Å². The van der Waals surface area contributed by atoms with Crippen molar-refractivity contribution in [2.45, 2.75) is 19.9 Å². The summed E-state index contributed by atoms with van der Waals surface area (Å²) < 4.78 is 25.7. The number of hydrogen-bond acceptors (Lipinski definition) is 4. The molecule has 1 amide bonds. The lowest BCUT2D eigenvalue weighted by molar-refractivity contribution is 0.0697. The van der Waals surface area contributed by atoms with Crippen LogP contribution in [0.4, 0.5) is 5.69 Å². The Labute approximate surface area is 152 Å². The van der Waals surface area contributed by atoms with Crippen molar-refractivity contribution in [3.8, 4) is 0 Å². The molecule has 0 radical (unpaired) electrons. The van der Waals surface area contributed by atoms with Crippen LogP contribution in [0.3, 0.4) is 0 Å². The molecule has 0 unspecified atom stereocenters. The number of carbonyl (C=O) groups is 2. The van der Waals surface area contributed by atoms with Crippen molar-refractivity contribution in [2.24, 2.45) is 0 Å². The minimum atomic E-state index is -3.60. The topological polar surface area (TPSA) is 113 Å². The van der Waals surface area contributed by atoms with Gasteiger partial charge >= 0.3 is 5.97 Å². The molecule has 7 nitrogen and oxygen atoms in total. The van der Waals surface area contributed by atoms with Gasteiger partial charge in [-0.05, 0) is 37.6 Å². The van der Waals surface area contributed by atoms with Crippen molar-refractivity contribution in [3.05, 3.63) is 65.2 Å². The fraction of sp³-hybridized carbons (Fsp3) is 0.222. The molecule has 0 saturated heterocycles. The van der Waals surface area contributed by atoms with E-state index in [0.717, 1.165) is 5.56 Å². The van der Waals surface area contributed by atoms with E-state index in [1.165, 1.54) is 25.1 Å². The van der Waals surface area contributed by atoms with Gasteiger partial charge in [-0.1, -0.05) is 30.3 Å². The van der Waals surface area contributed by atoms with E-state index in [4.69, 9.17) is 0 Å². The molecule has 26 heavy (non-hydrogen) atoms. The van der Waals surface area contributed by atoms with E-state index in [-0.39, 0.29) is 28.6 Å². The molecule has 2 rings (SSSR count). The second-order valence-electron chi connectivity index (χ2n) is 5.72. The number of rotatable bonds is 7. The van der Waals surface area contributed by atoms with Crippen LogP contribution in [0.25, 0.3) is 0 Å². The number of hydrogen-bond donors (Lipinski definition) is 3. The van der Waals surface area contributed by atoms with Crippen LogP contribution in [0.2, 0.25) is 0 Å². The second kappa shape index (κ2) is 8.01. The number of sulfonamides is 1. The summed E-state index contributed by atoms with van der Waals surface area (Å²) in [5.41, 5.74) is 0.798. The van der Waals surface area contributed by atoms with Crippen LogP contribution < -0.4 is 10.0 Å². The van der Waals surface area contributed by atoms with Gasteiger partial charge in [-0.3, -0.25) is 9.52 Å². The zero-order valence-corrected chi connectivity index (χ0v) is 15.2. The lowest BCUT2D eigenvalue weighted by Crippen LogP contribution is -2.27. The Kier molecular flexibility index (Phi) is 5.99. The summed E-state index contributed by atoms with van der Waals surface area (Å²) in [6, 6.07) is 12.7. The number of nitrogens with one attached hydrogen (secondary N) is 2. The number of carboxylic acids is 1. The average molecular weight is 376 g/mol. The zero-order valence-electron chi connectivity index (χ0n) is 14.4. The summed E-state index contributed by atoms with van der Waals surface area (Å²) in [5.74, 6) is -1.93. The Morgan fingerprint density at radius 2 is 1.69 bits per heavy atom. The summed E-state index contributed by atoms with van der Waals surface area (Å²) >= 11 is 0. The lowest BCUT2D eigenvalue weighted by Gasteiger charge is -2.15. The Morgan fingerprint density at radius 3 is 2.27 bits per heavy atom. The molecule has 0 aromatic heterocycles. The molecule has 0 aliphatic carbocycles. The smallest absolute Gasteiger partial charge is 0.335 e. The number of aromatic carboxylic acids is 1. The summed E-state index contributed by atoms with van der Waals surface area (Å²) in [4.78, 5) is 23.8. The molecule has 0 saturated carbocycles. The van der Waals surface area contributed by atoms with Gasteiger partial charge in [0.25, 0.3) is 5.91 Å². The third-order valence-electron chi connectivity index (χ3n) is 3.74. The van der Waals surface area contributed by atoms with Gasteiger partial charge in [0.1, 0.15) is 0 Å². The number of carboxylic acid groups (broad SMARTS) is 1. The van der Waals surface area contributed by atoms with Crippen molar-refractivity contribution < 1.29 is 23.1 Å². The van der Waals surface area contributed by atoms with Gasteiger partial charge in [0, 0.05) is 5.56 Å². The van der Waals surface area contributed by atoms with Crippen LogP contribution in [0, 0.1) is 0 Å². The van der Waals surface area contributed by atoms with Crippen molar-refractivity contribution in [3.63, 3.8) is 0 Å². The minimum absolute atomic E-state index is 0.0317. The standard InChI is InChI=1S/C18H20N2O5S/c1-3-26(24,25)20-16-10-14(9-15(11-16)18(22)23)17(21)19-12(2)13-7-5-4-6-8-13/h4-12,20H,3H2,1-2H3,(H,19,21)(H,22,23)/t12-/m1/s1. The molecule has 2 aromatic rings. The van der Waals surface area contributed by atoms with Gasteiger partial charge in [0.05, 0.1) is 23.0 Å². The molecule has 0 aliphatic rings. The van der Waals surface area contributed by atoms with E-state index in [0.29, 0.717) is 0 Å². The van der Waals surface area contributed by atoms with Gasteiger partial charge in [-0.15, -0.1) is 0 Å². The van der Waals surface area contributed by atoms with E-state index >= 15 is 0 Å². The Hall–Kier alpha value is -2.87. The molecule has 2 aromatic carbocycles. The molecule has 0 heterocycles. The third kappa shape index (κ3) is 5.06. The summed E-state index contributed by atoms with van der Waals surface area (Å²) in [5, 5.41) is 12.0. The van der Waals surface area contributed by atoms with E-state index in [1.807, 2.05) is 30.3 Å². The summed E-state index contributed by atoms with van der Waals surface area (Å²) in [6.45, 7) is 3.26. The van der Waals surface area contributed by atoms with Gasteiger partial charge in [-0.25, -0.2) is 13.2 Å². The fourth-order valence-corrected chi connectivity index (χ4v) is 2.92. The van der Waals surface area contributed by atoms with Crippen molar-refractivity contribution in [1.29, 1.82) is 0 Å². The predicted octanol–water partition coefficient (Wildman–Crippen LogP) is 2.64. The SMILES string of the molecule is CCS(=O)(=O)Nc1cc(C(=O)O)cc(C(=O)N[C@H](C)c2ccccc2)c1. The van der Waals surface area contributed by atoms with Crippen LogP contribution in [0.5, 0.6) is 0 Å². The van der Waals surface area contributed by atoms with Crippen LogP contribution in [-0.2, 0) is 10.0 Å². The molecule has 3 N–H and O–H groups in total. The number of amides is 1. The largest absolute Gasteiger partial charge is 0.478 e. The molecular formula is C18H20N2O5S. The highest BCUT2D eigenvalue weighted by atomic mass is 32.2. The van der Waals surface area contributed by atoms with E-state index in [2.05, 4.69) is 10.0 Å². The first-order valence-corrected chi connectivity index (χ1v) is 9.61.